The molecule has 1 aromatic carbocycles. The van der Waals surface area contributed by atoms with E-state index in [9.17, 15) is 4.79 Å². The number of carbonyl (C=O) groups excluding carboxylic acids is 1. The van der Waals surface area contributed by atoms with Gasteiger partial charge in [0.25, 0.3) is 0 Å². The molecule has 0 unspecified atom stereocenters. The summed E-state index contributed by atoms with van der Waals surface area (Å²) in [6.45, 7) is 0. The molecule has 0 bridgehead atoms. The van der Waals surface area contributed by atoms with Crippen LogP contribution in [0, 0.1) is 0 Å². The van der Waals surface area contributed by atoms with Crippen LogP contribution >= 0.6 is 0 Å². The summed E-state index contributed by atoms with van der Waals surface area (Å²) in [5.41, 5.74) is 8.76. The lowest BCUT2D eigenvalue weighted by Crippen LogP contribution is -2.23. The Morgan fingerprint density at radius 2 is 1.87 bits per heavy atom. The maximum atomic E-state index is 11.1. The molecule has 0 aromatic heterocycles. The van der Waals surface area contributed by atoms with Gasteiger partial charge in [-0.1, -0.05) is 12.1 Å². The molecule has 15 heavy (non-hydrogen) atoms. The number of ether oxygens (including phenoxy) is 1. The number of rotatable bonds is 3. The third-order valence-electron chi connectivity index (χ3n) is 1.79. The van der Waals surface area contributed by atoms with E-state index in [2.05, 4.69) is 15.4 Å². The van der Waals surface area contributed by atoms with Gasteiger partial charge in [-0.05, 0) is 12.1 Å². The third-order valence-corrected chi connectivity index (χ3v) is 1.79. The molecule has 1 rings (SSSR count). The standard InChI is InChI=1S/C9H12N4O2/c1-15-9(14)7-4-2-6(3-5-7)8(10)12-13-11/h2-5,13H,11H2,1H3,(H2,10,12). The minimum atomic E-state index is -0.394. The second-order valence-electron chi connectivity index (χ2n) is 2.70. The molecular weight excluding hydrogens is 196 g/mol. The average Bonchev–Trinajstić information content (AvgIpc) is 2.28. The number of hydrogen-bond donors (Lipinski definition) is 3. The van der Waals surface area contributed by atoms with Crippen molar-refractivity contribution < 1.29 is 9.53 Å². The number of hydrogen-bond acceptors (Lipinski definition) is 5. The highest BCUT2D eigenvalue weighted by atomic mass is 16.5. The number of carbonyl (C=O) groups is 1. The molecule has 0 fully saturated rings. The maximum Gasteiger partial charge on any atom is 0.337 e. The highest BCUT2D eigenvalue weighted by Gasteiger charge is 2.05. The fourth-order valence-electron chi connectivity index (χ4n) is 1.03. The summed E-state index contributed by atoms with van der Waals surface area (Å²) in [7, 11) is 1.32. The molecule has 0 aliphatic rings. The Morgan fingerprint density at radius 1 is 1.33 bits per heavy atom. The molecule has 0 heterocycles. The fourth-order valence-corrected chi connectivity index (χ4v) is 1.03. The molecule has 1 aromatic rings. The number of amidine groups is 1. The molecule has 0 radical (unpaired) electrons. The van der Waals surface area contributed by atoms with E-state index in [1.807, 2.05) is 0 Å². The Labute approximate surface area is 86.9 Å². The van der Waals surface area contributed by atoms with E-state index < -0.39 is 5.97 Å². The van der Waals surface area contributed by atoms with E-state index >= 15 is 0 Å². The lowest BCUT2D eigenvalue weighted by molar-refractivity contribution is 0.0601. The number of hydrazine groups is 1. The second kappa shape index (κ2) is 4.97. The van der Waals surface area contributed by atoms with Crippen molar-refractivity contribution in [3.8, 4) is 0 Å². The first kappa shape index (κ1) is 11.0. The van der Waals surface area contributed by atoms with Gasteiger partial charge in [-0.15, -0.1) is 5.10 Å². The van der Waals surface area contributed by atoms with Gasteiger partial charge < -0.3 is 10.5 Å². The number of nitrogens with two attached hydrogens (primary N) is 2. The van der Waals surface area contributed by atoms with Gasteiger partial charge in [0.05, 0.1) is 12.7 Å². The Kier molecular flexibility index (Phi) is 3.64. The average molecular weight is 208 g/mol. The molecule has 0 saturated carbocycles. The third kappa shape index (κ3) is 2.68. The SMILES string of the molecule is COC(=O)c1ccc(/C(N)=N/NN)cc1. The molecule has 0 aliphatic carbocycles. The summed E-state index contributed by atoms with van der Waals surface area (Å²) in [4.78, 5) is 11.1. The molecule has 0 saturated heterocycles. The first-order valence-electron chi connectivity index (χ1n) is 4.16. The van der Waals surface area contributed by atoms with Crippen LogP contribution in [0.4, 0.5) is 0 Å². The number of methoxy groups -OCH3 is 1. The lowest BCUT2D eigenvalue weighted by Gasteiger charge is -2.02. The second-order valence-corrected chi connectivity index (χ2v) is 2.70. The van der Waals surface area contributed by atoms with Crippen LogP contribution in [-0.2, 0) is 4.74 Å². The summed E-state index contributed by atoms with van der Waals surface area (Å²) in [5, 5.41) is 3.60. The number of hydrazone groups is 1. The molecule has 5 N–H and O–H groups in total. The molecule has 0 spiro atoms. The van der Waals surface area contributed by atoms with Crippen molar-refractivity contribution in [3.05, 3.63) is 35.4 Å². The highest BCUT2D eigenvalue weighted by molar-refractivity contribution is 5.98. The molecule has 6 nitrogen and oxygen atoms in total. The largest absolute Gasteiger partial charge is 0.465 e. The van der Waals surface area contributed by atoms with E-state index in [4.69, 9.17) is 11.6 Å². The van der Waals surface area contributed by atoms with Crippen molar-refractivity contribution in [1.29, 1.82) is 0 Å². The molecular formula is C9H12N4O2. The fraction of sp³-hybridized carbons (Fsp3) is 0.111. The van der Waals surface area contributed by atoms with Gasteiger partial charge in [0, 0.05) is 5.56 Å². The summed E-state index contributed by atoms with van der Waals surface area (Å²) < 4.78 is 4.55. The molecule has 80 valence electrons. The zero-order valence-electron chi connectivity index (χ0n) is 8.23. The molecule has 0 amide bonds. The highest BCUT2D eigenvalue weighted by Crippen LogP contribution is 2.05. The monoisotopic (exact) mass is 208 g/mol. The molecule has 0 aliphatic heterocycles. The van der Waals surface area contributed by atoms with Crippen LogP contribution in [0.3, 0.4) is 0 Å². The predicted octanol–water partition coefficient (Wildman–Crippen LogP) is -0.443. The van der Waals surface area contributed by atoms with E-state index in [1.165, 1.54) is 7.11 Å². The number of esters is 1. The lowest BCUT2D eigenvalue weighted by atomic mass is 10.1. The van der Waals surface area contributed by atoms with Gasteiger partial charge >= 0.3 is 5.97 Å². The molecule has 6 heteroatoms. The quantitative estimate of drug-likeness (QED) is 0.205. The van der Waals surface area contributed by atoms with Gasteiger partial charge in [0.2, 0.25) is 0 Å². The van der Waals surface area contributed by atoms with Crippen molar-refractivity contribution in [2.24, 2.45) is 16.7 Å². The predicted molar refractivity (Wildman–Crippen MR) is 55.8 cm³/mol. The topological polar surface area (TPSA) is 103 Å². The van der Waals surface area contributed by atoms with Crippen LogP contribution in [0.2, 0.25) is 0 Å². The molecule has 0 atom stereocenters. The number of benzene rings is 1. The number of nitrogens with one attached hydrogen (secondary N) is 1. The van der Waals surface area contributed by atoms with Gasteiger partial charge in [-0.2, -0.15) is 0 Å². The van der Waals surface area contributed by atoms with E-state index in [0.717, 1.165) is 0 Å². The van der Waals surface area contributed by atoms with Crippen LogP contribution in [0.25, 0.3) is 0 Å². The Balaban J connectivity index is 2.90. The zero-order valence-corrected chi connectivity index (χ0v) is 8.23. The maximum absolute atomic E-state index is 11.1. The first-order chi connectivity index (χ1) is 7.19. The van der Waals surface area contributed by atoms with Crippen molar-refractivity contribution in [2.75, 3.05) is 7.11 Å². The van der Waals surface area contributed by atoms with E-state index in [0.29, 0.717) is 11.1 Å². The normalized spacial score (nSPS) is 10.9. The van der Waals surface area contributed by atoms with Crippen LogP contribution in [0.1, 0.15) is 15.9 Å². The summed E-state index contributed by atoms with van der Waals surface area (Å²) in [6, 6.07) is 6.50. The van der Waals surface area contributed by atoms with Crippen LogP contribution in [0.5, 0.6) is 0 Å². The first-order valence-corrected chi connectivity index (χ1v) is 4.16. The number of nitrogens with zero attached hydrogens (tertiary/aromatic N) is 1. The minimum Gasteiger partial charge on any atom is -0.465 e. The van der Waals surface area contributed by atoms with E-state index in [1.54, 1.807) is 24.3 Å². The van der Waals surface area contributed by atoms with Crippen molar-refractivity contribution in [2.45, 2.75) is 0 Å². The van der Waals surface area contributed by atoms with Crippen LogP contribution in [0.15, 0.2) is 29.4 Å². The van der Waals surface area contributed by atoms with Crippen LogP contribution < -0.4 is 17.1 Å². The van der Waals surface area contributed by atoms with Crippen LogP contribution in [-0.4, -0.2) is 18.9 Å². The van der Waals surface area contributed by atoms with Crippen molar-refractivity contribution in [3.63, 3.8) is 0 Å². The summed E-state index contributed by atoms with van der Waals surface area (Å²) in [6.07, 6.45) is 0. The Morgan fingerprint density at radius 3 is 2.33 bits per heavy atom. The van der Waals surface area contributed by atoms with Gasteiger partial charge in [-0.25, -0.2) is 16.2 Å². The summed E-state index contributed by atoms with van der Waals surface area (Å²) >= 11 is 0. The Hall–Kier alpha value is -2.08. The van der Waals surface area contributed by atoms with Crippen molar-refractivity contribution >= 4 is 11.8 Å². The zero-order chi connectivity index (χ0) is 11.3. The summed E-state index contributed by atoms with van der Waals surface area (Å²) in [5.74, 6) is 4.82. The van der Waals surface area contributed by atoms with Gasteiger partial charge in [0.15, 0.2) is 5.84 Å². The van der Waals surface area contributed by atoms with Crippen molar-refractivity contribution in [1.82, 2.24) is 5.53 Å². The minimum absolute atomic E-state index is 0.244. The van der Waals surface area contributed by atoms with Gasteiger partial charge in [-0.3, -0.25) is 0 Å². The Bertz CT molecular complexity index is 372. The van der Waals surface area contributed by atoms with E-state index in [-0.39, 0.29) is 5.84 Å². The smallest absolute Gasteiger partial charge is 0.337 e. The van der Waals surface area contributed by atoms with Gasteiger partial charge in [0.1, 0.15) is 0 Å².